The summed E-state index contributed by atoms with van der Waals surface area (Å²) in [5, 5.41) is 11.8. The summed E-state index contributed by atoms with van der Waals surface area (Å²) in [4.78, 5) is 38.3. The van der Waals surface area contributed by atoms with Crippen molar-refractivity contribution in [3.63, 3.8) is 0 Å². The SMILES string of the molecule is CC(=O)O.CCCOc1ccc(/C=c2\sc3nc(-c4ccccc4OC(C)=O)nn3c2=O)cc1OCC. The predicted octanol–water partition coefficient (Wildman–Crippen LogP) is 3.57. The molecule has 194 valence electrons. The minimum atomic E-state index is -0.833. The van der Waals surface area contributed by atoms with Crippen LogP contribution in [-0.2, 0) is 9.59 Å². The highest BCUT2D eigenvalue weighted by atomic mass is 32.1. The fourth-order valence-electron chi connectivity index (χ4n) is 3.21. The van der Waals surface area contributed by atoms with Crippen molar-refractivity contribution in [3.05, 3.63) is 62.9 Å². The van der Waals surface area contributed by atoms with Gasteiger partial charge in [0.05, 0.1) is 23.3 Å². The van der Waals surface area contributed by atoms with Gasteiger partial charge in [-0.1, -0.05) is 36.5 Å². The Kier molecular flexibility index (Phi) is 9.33. The van der Waals surface area contributed by atoms with Crippen LogP contribution in [0.1, 0.15) is 39.7 Å². The molecule has 0 atom stereocenters. The first-order valence-electron chi connectivity index (χ1n) is 11.5. The number of aromatic nitrogens is 3. The molecule has 2 aromatic carbocycles. The zero-order valence-corrected chi connectivity index (χ0v) is 21.7. The standard InChI is InChI=1S/C24H23N3O5S.C2H4O2/c1-4-12-31-19-11-10-16(13-20(19)30-5-2)14-21-23(29)27-24(33-21)25-22(26-27)17-8-6-7-9-18(17)32-15(3)28;1-2(3)4/h6-11,13-14H,4-5,12H2,1-3H3;1H3,(H,3,4)/b21-14-;. The number of carboxylic acid groups (broad SMARTS) is 1. The van der Waals surface area contributed by atoms with Crippen LogP contribution >= 0.6 is 11.3 Å². The van der Waals surface area contributed by atoms with Gasteiger partial charge in [-0.15, -0.1) is 5.10 Å². The molecule has 0 unspecified atom stereocenters. The van der Waals surface area contributed by atoms with Crippen LogP contribution in [0.4, 0.5) is 0 Å². The number of ether oxygens (including phenoxy) is 3. The maximum absolute atomic E-state index is 13.0. The van der Waals surface area contributed by atoms with E-state index >= 15 is 0 Å². The second-order valence-corrected chi connectivity index (χ2v) is 8.65. The summed E-state index contributed by atoms with van der Waals surface area (Å²) in [5.74, 6) is 0.699. The minimum Gasteiger partial charge on any atom is -0.490 e. The van der Waals surface area contributed by atoms with E-state index in [1.54, 1.807) is 30.3 Å². The topological polar surface area (TPSA) is 129 Å². The first-order chi connectivity index (χ1) is 17.7. The maximum atomic E-state index is 13.0. The summed E-state index contributed by atoms with van der Waals surface area (Å²) in [6, 6.07) is 12.5. The van der Waals surface area contributed by atoms with Crippen LogP contribution in [0.25, 0.3) is 22.4 Å². The zero-order chi connectivity index (χ0) is 26.9. The molecule has 2 heterocycles. The Hall–Kier alpha value is -4.25. The fraction of sp³-hybridized carbons (Fsp3) is 0.269. The molecule has 1 N–H and O–H groups in total. The number of carboxylic acids is 1. The van der Waals surface area contributed by atoms with Crippen LogP contribution in [0.2, 0.25) is 0 Å². The molecule has 0 radical (unpaired) electrons. The molecule has 10 nitrogen and oxygen atoms in total. The third kappa shape index (κ3) is 7.14. The van der Waals surface area contributed by atoms with Gasteiger partial charge >= 0.3 is 5.97 Å². The summed E-state index contributed by atoms with van der Waals surface area (Å²) in [5.41, 5.74) is 1.07. The number of carbonyl (C=O) groups is 2. The van der Waals surface area contributed by atoms with Crippen LogP contribution in [0.5, 0.6) is 17.2 Å². The van der Waals surface area contributed by atoms with Crippen molar-refractivity contribution >= 4 is 34.3 Å². The average Bonchev–Trinajstić information content (AvgIpc) is 3.37. The lowest BCUT2D eigenvalue weighted by Crippen LogP contribution is -2.23. The number of rotatable bonds is 8. The fourth-order valence-corrected chi connectivity index (χ4v) is 4.12. The Labute approximate surface area is 216 Å². The van der Waals surface area contributed by atoms with Gasteiger partial charge in [-0.25, -0.2) is 0 Å². The van der Waals surface area contributed by atoms with E-state index in [1.165, 1.54) is 22.8 Å². The summed E-state index contributed by atoms with van der Waals surface area (Å²) < 4.78 is 18.4. The Morgan fingerprint density at radius 3 is 2.43 bits per heavy atom. The van der Waals surface area contributed by atoms with Gasteiger partial charge in [0.25, 0.3) is 11.5 Å². The van der Waals surface area contributed by atoms with Crippen molar-refractivity contribution < 1.29 is 28.9 Å². The van der Waals surface area contributed by atoms with Crippen LogP contribution in [0.3, 0.4) is 0 Å². The number of fused-ring (bicyclic) bond motifs is 1. The smallest absolute Gasteiger partial charge is 0.308 e. The first-order valence-corrected chi connectivity index (χ1v) is 12.3. The highest BCUT2D eigenvalue weighted by Crippen LogP contribution is 2.30. The lowest BCUT2D eigenvalue weighted by atomic mass is 10.2. The van der Waals surface area contributed by atoms with Gasteiger partial charge in [-0.2, -0.15) is 9.50 Å². The lowest BCUT2D eigenvalue weighted by molar-refractivity contribution is -0.134. The molecule has 11 heteroatoms. The number of para-hydroxylation sites is 1. The molecule has 0 amide bonds. The zero-order valence-electron chi connectivity index (χ0n) is 20.9. The predicted molar refractivity (Wildman–Crippen MR) is 139 cm³/mol. The minimum absolute atomic E-state index is 0.275. The summed E-state index contributed by atoms with van der Waals surface area (Å²) >= 11 is 1.23. The number of esters is 1. The second kappa shape index (κ2) is 12.6. The number of benzene rings is 2. The lowest BCUT2D eigenvalue weighted by Gasteiger charge is -2.11. The Bertz CT molecular complexity index is 1510. The van der Waals surface area contributed by atoms with E-state index in [0.717, 1.165) is 18.9 Å². The molecule has 0 spiro atoms. The molecule has 37 heavy (non-hydrogen) atoms. The molecule has 0 saturated heterocycles. The first kappa shape index (κ1) is 27.3. The second-order valence-electron chi connectivity index (χ2n) is 7.64. The van der Waals surface area contributed by atoms with Gasteiger partial charge in [-0.3, -0.25) is 14.4 Å². The number of carbonyl (C=O) groups excluding carboxylic acids is 1. The molecular weight excluding hydrogens is 498 g/mol. The van der Waals surface area contributed by atoms with Gasteiger partial charge in [0, 0.05) is 13.8 Å². The molecule has 0 aliphatic heterocycles. The van der Waals surface area contributed by atoms with Crippen LogP contribution in [-0.4, -0.2) is 44.9 Å². The molecule has 4 aromatic rings. The Morgan fingerprint density at radius 1 is 1.05 bits per heavy atom. The molecule has 0 aliphatic carbocycles. The summed E-state index contributed by atoms with van der Waals surface area (Å²) in [7, 11) is 0. The number of thiazole rings is 1. The van der Waals surface area contributed by atoms with E-state index < -0.39 is 11.9 Å². The van der Waals surface area contributed by atoms with Crippen molar-refractivity contribution in [1.82, 2.24) is 14.6 Å². The van der Waals surface area contributed by atoms with Crippen molar-refractivity contribution in [1.29, 1.82) is 0 Å². The number of aliphatic carboxylic acids is 1. The Balaban J connectivity index is 0.000000886. The van der Waals surface area contributed by atoms with Gasteiger partial charge in [0.15, 0.2) is 17.3 Å². The van der Waals surface area contributed by atoms with Crippen molar-refractivity contribution in [2.75, 3.05) is 13.2 Å². The monoisotopic (exact) mass is 525 g/mol. The quantitative estimate of drug-likeness (QED) is 0.271. The number of nitrogens with zero attached hydrogens (tertiary/aromatic N) is 3. The molecule has 0 aliphatic rings. The van der Waals surface area contributed by atoms with E-state index in [0.29, 0.717) is 51.3 Å². The molecule has 4 rings (SSSR count). The van der Waals surface area contributed by atoms with E-state index in [9.17, 15) is 9.59 Å². The highest BCUT2D eigenvalue weighted by molar-refractivity contribution is 7.15. The van der Waals surface area contributed by atoms with Crippen LogP contribution in [0, 0.1) is 0 Å². The summed E-state index contributed by atoms with van der Waals surface area (Å²) in [6.45, 7) is 7.47. The summed E-state index contributed by atoms with van der Waals surface area (Å²) in [6.07, 6.45) is 2.68. The van der Waals surface area contributed by atoms with Crippen molar-refractivity contribution in [3.8, 4) is 28.6 Å². The molecule has 0 bridgehead atoms. The maximum Gasteiger partial charge on any atom is 0.308 e. The molecule has 0 saturated carbocycles. The third-order valence-corrected chi connectivity index (χ3v) is 5.55. The Morgan fingerprint density at radius 2 is 1.78 bits per heavy atom. The molecular formula is C26H27N3O7S. The average molecular weight is 526 g/mol. The van der Waals surface area contributed by atoms with Gasteiger partial charge in [0.1, 0.15) is 5.75 Å². The molecule has 2 aromatic heterocycles. The third-order valence-electron chi connectivity index (χ3n) is 4.59. The van der Waals surface area contributed by atoms with Gasteiger partial charge in [0.2, 0.25) is 4.96 Å². The van der Waals surface area contributed by atoms with E-state index in [4.69, 9.17) is 24.1 Å². The van der Waals surface area contributed by atoms with E-state index in [2.05, 4.69) is 10.1 Å². The van der Waals surface area contributed by atoms with Crippen molar-refractivity contribution in [2.45, 2.75) is 34.1 Å². The van der Waals surface area contributed by atoms with Crippen LogP contribution in [0.15, 0.2) is 47.3 Å². The van der Waals surface area contributed by atoms with Crippen molar-refractivity contribution in [2.24, 2.45) is 0 Å². The number of hydrogen-bond donors (Lipinski definition) is 1. The largest absolute Gasteiger partial charge is 0.490 e. The highest BCUT2D eigenvalue weighted by Gasteiger charge is 2.16. The van der Waals surface area contributed by atoms with Gasteiger partial charge < -0.3 is 19.3 Å². The van der Waals surface area contributed by atoms with E-state index in [-0.39, 0.29) is 5.56 Å². The number of hydrogen-bond acceptors (Lipinski definition) is 9. The molecule has 0 fully saturated rings. The normalized spacial score (nSPS) is 11.1. The van der Waals surface area contributed by atoms with E-state index in [1.807, 2.05) is 32.0 Å². The van der Waals surface area contributed by atoms with Crippen LogP contribution < -0.4 is 24.3 Å². The van der Waals surface area contributed by atoms with Gasteiger partial charge in [-0.05, 0) is 49.2 Å².